The molecule has 1 aromatic rings. The highest BCUT2D eigenvalue weighted by atomic mass is 32.2. The van der Waals surface area contributed by atoms with Crippen LogP contribution in [0.4, 0.5) is 0 Å². The maximum Gasteiger partial charge on any atom is 0.224 e. The van der Waals surface area contributed by atoms with Gasteiger partial charge in [-0.3, -0.25) is 14.6 Å². The van der Waals surface area contributed by atoms with Gasteiger partial charge < -0.3 is 10.2 Å². The van der Waals surface area contributed by atoms with Gasteiger partial charge in [-0.25, -0.2) is 0 Å². The summed E-state index contributed by atoms with van der Waals surface area (Å²) in [5.41, 5.74) is 0.856. The Labute approximate surface area is 129 Å². The quantitative estimate of drug-likeness (QED) is 0.805. The lowest BCUT2D eigenvalue weighted by atomic mass is 9.96. The molecule has 1 aromatic heterocycles. The van der Waals surface area contributed by atoms with Gasteiger partial charge in [0.1, 0.15) is 0 Å². The lowest BCUT2D eigenvalue weighted by Gasteiger charge is -2.31. The van der Waals surface area contributed by atoms with Crippen molar-refractivity contribution in [2.75, 3.05) is 25.1 Å². The van der Waals surface area contributed by atoms with Crippen molar-refractivity contribution >= 4 is 23.6 Å². The number of hydrogen-bond acceptors (Lipinski definition) is 4. The number of amides is 2. The van der Waals surface area contributed by atoms with Gasteiger partial charge in [0, 0.05) is 31.5 Å². The van der Waals surface area contributed by atoms with Crippen molar-refractivity contribution in [3.05, 3.63) is 30.1 Å². The third-order valence-corrected chi connectivity index (χ3v) is 4.17. The topological polar surface area (TPSA) is 62.3 Å². The first-order valence-electron chi connectivity index (χ1n) is 7.15. The minimum absolute atomic E-state index is 0.0579. The van der Waals surface area contributed by atoms with Gasteiger partial charge in [0.2, 0.25) is 11.8 Å². The number of nitrogens with one attached hydrogen (secondary N) is 1. The molecular formula is C15H21N3O2S. The first kappa shape index (κ1) is 15.8. The summed E-state index contributed by atoms with van der Waals surface area (Å²) in [6, 6.07) is 5.66. The van der Waals surface area contributed by atoms with Crippen LogP contribution in [0.5, 0.6) is 0 Å². The molecule has 5 nitrogen and oxygen atoms in total. The van der Waals surface area contributed by atoms with Crippen LogP contribution in [0.25, 0.3) is 0 Å². The molecule has 0 spiro atoms. The van der Waals surface area contributed by atoms with E-state index in [2.05, 4.69) is 10.3 Å². The van der Waals surface area contributed by atoms with Crippen LogP contribution in [0.1, 0.15) is 18.5 Å². The fourth-order valence-electron chi connectivity index (χ4n) is 2.39. The molecule has 1 aliphatic heterocycles. The predicted molar refractivity (Wildman–Crippen MR) is 83.8 cm³/mol. The molecule has 0 aliphatic carbocycles. The SMILES string of the molecule is CSCCNC(=O)[C@@H]1CCC(=O)N(Cc2ccccn2)C1. The van der Waals surface area contributed by atoms with Crippen LogP contribution in [-0.2, 0) is 16.1 Å². The Balaban J connectivity index is 1.90. The van der Waals surface area contributed by atoms with Crippen LogP contribution in [-0.4, -0.2) is 46.8 Å². The van der Waals surface area contributed by atoms with Gasteiger partial charge in [-0.2, -0.15) is 11.8 Å². The Bertz CT molecular complexity index is 481. The molecule has 21 heavy (non-hydrogen) atoms. The summed E-state index contributed by atoms with van der Waals surface area (Å²) < 4.78 is 0. The third-order valence-electron chi connectivity index (χ3n) is 3.56. The normalized spacial score (nSPS) is 18.6. The van der Waals surface area contributed by atoms with E-state index >= 15 is 0 Å². The van der Waals surface area contributed by atoms with E-state index in [0.717, 1.165) is 11.4 Å². The van der Waals surface area contributed by atoms with Gasteiger partial charge in [0.25, 0.3) is 0 Å². The summed E-state index contributed by atoms with van der Waals surface area (Å²) in [6.45, 7) is 1.65. The van der Waals surface area contributed by atoms with Gasteiger partial charge in [0.15, 0.2) is 0 Å². The van der Waals surface area contributed by atoms with Gasteiger partial charge in [-0.05, 0) is 24.8 Å². The molecule has 1 atom stereocenters. The van der Waals surface area contributed by atoms with Gasteiger partial charge in [0.05, 0.1) is 18.2 Å². The van der Waals surface area contributed by atoms with E-state index in [1.807, 2.05) is 24.5 Å². The molecule has 2 rings (SSSR count). The zero-order chi connectivity index (χ0) is 15.1. The number of hydrogen-bond donors (Lipinski definition) is 1. The van der Waals surface area contributed by atoms with E-state index in [1.165, 1.54) is 0 Å². The fraction of sp³-hybridized carbons (Fsp3) is 0.533. The number of piperidine rings is 1. The molecule has 1 saturated heterocycles. The highest BCUT2D eigenvalue weighted by molar-refractivity contribution is 7.98. The number of carbonyl (C=O) groups excluding carboxylic acids is 2. The zero-order valence-electron chi connectivity index (χ0n) is 12.2. The number of thioether (sulfide) groups is 1. The minimum Gasteiger partial charge on any atom is -0.355 e. The van der Waals surface area contributed by atoms with Crippen LogP contribution >= 0.6 is 11.8 Å². The highest BCUT2D eigenvalue weighted by Crippen LogP contribution is 2.19. The summed E-state index contributed by atoms with van der Waals surface area (Å²) in [5.74, 6) is 0.972. The Morgan fingerprint density at radius 2 is 2.38 bits per heavy atom. The third kappa shape index (κ3) is 4.74. The summed E-state index contributed by atoms with van der Waals surface area (Å²) >= 11 is 1.71. The van der Waals surface area contributed by atoms with Gasteiger partial charge in [-0.15, -0.1) is 0 Å². The smallest absolute Gasteiger partial charge is 0.224 e. The van der Waals surface area contributed by atoms with Crippen LogP contribution in [0.2, 0.25) is 0 Å². The molecule has 6 heteroatoms. The van der Waals surface area contributed by atoms with E-state index in [0.29, 0.717) is 32.5 Å². The second-order valence-electron chi connectivity index (χ2n) is 5.11. The minimum atomic E-state index is -0.103. The molecule has 0 aromatic carbocycles. The summed E-state index contributed by atoms with van der Waals surface area (Å²) in [5, 5.41) is 2.94. The van der Waals surface area contributed by atoms with Crippen molar-refractivity contribution in [2.24, 2.45) is 5.92 Å². The van der Waals surface area contributed by atoms with E-state index in [9.17, 15) is 9.59 Å². The Kier molecular flexibility index (Phi) is 6.04. The maximum absolute atomic E-state index is 12.1. The number of aromatic nitrogens is 1. The van der Waals surface area contributed by atoms with Crippen molar-refractivity contribution in [3.8, 4) is 0 Å². The first-order valence-corrected chi connectivity index (χ1v) is 8.54. The lowest BCUT2D eigenvalue weighted by Crippen LogP contribution is -2.45. The average Bonchev–Trinajstić information content (AvgIpc) is 2.50. The monoisotopic (exact) mass is 307 g/mol. The van der Waals surface area contributed by atoms with E-state index in [4.69, 9.17) is 0 Å². The molecule has 0 radical (unpaired) electrons. The maximum atomic E-state index is 12.1. The molecule has 114 valence electrons. The van der Waals surface area contributed by atoms with Crippen molar-refractivity contribution < 1.29 is 9.59 Å². The molecule has 1 N–H and O–H groups in total. The van der Waals surface area contributed by atoms with Crippen LogP contribution in [0, 0.1) is 5.92 Å². The lowest BCUT2D eigenvalue weighted by molar-refractivity contribution is -0.138. The molecule has 1 fully saturated rings. The van der Waals surface area contributed by atoms with Crippen LogP contribution in [0.3, 0.4) is 0 Å². The Morgan fingerprint density at radius 3 is 3.10 bits per heavy atom. The van der Waals surface area contributed by atoms with E-state index in [1.54, 1.807) is 22.9 Å². The average molecular weight is 307 g/mol. The first-order chi connectivity index (χ1) is 10.2. The van der Waals surface area contributed by atoms with Crippen LogP contribution < -0.4 is 5.32 Å². The summed E-state index contributed by atoms with van der Waals surface area (Å²) in [4.78, 5) is 30.1. The Morgan fingerprint density at radius 1 is 1.52 bits per heavy atom. The number of rotatable bonds is 6. The number of nitrogens with zero attached hydrogens (tertiary/aromatic N) is 2. The molecular weight excluding hydrogens is 286 g/mol. The second kappa shape index (κ2) is 8.02. The zero-order valence-corrected chi connectivity index (χ0v) is 13.1. The number of likely N-dealkylation sites (tertiary alicyclic amines) is 1. The molecule has 2 heterocycles. The molecule has 2 amide bonds. The standard InChI is InChI=1S/C15H21N3O2S/c1-21-9-8-17-15(20)12-5-6-14(19)18(10-12)11-13-4-2-3-7-16-13/h2-4,7,12H,5-6,8-11H2,1H3,(H,17,20)/t12-/m1/s1. The van der Waals surface area contributed by atoms with E-state index in [-0.39, 0.29) is 17.7 Å². The Hall–Kier alpha value is -1.56. The van der Waals surface area contributed by atoms with Crippen molar-refractivity contribution in [2.45, 2.75) is 19.4 Å². The van der Waals surface area contributed by atoms with Crippen molar-refractivity contribution in [1.29, 1.82) is 0 Å². The molecule has 0 saturated carbocycles. The fourth-order valence-corrected chi connectivity index (χ4v) is 2.70. The molecule has 1 aliphatic rings. The summed E-state index contributed by atoms with van der Waals surface area (Å²) in [7, 11) is 0. The highest BCUT2D eigenvalue weighted by Gasteiger charge is 2.30. The molecule has 0 bridgehead atoms. The van der Waals surface area contributed by atoms with Gasteiger partial charge >= 0.3 is 0 Å². The number of pyridine rings is 1. The summed E-state index contributed by atoms with van der Waals surface area (Å²) in [6.07, 6.45) is 4.81. The largest absolute Gasteiger partial charge is 0.355 e. The number of carbonyl (C=O) groups is 2. The van der Waals surface area contributed by atoms with Crippen molar-refractivity contribution in [1.82, 2.24) is 15.2 Å². The van der Waals surface area contributed by atoms with E-state index < -0.39 is 0 Å². The van der Waals surface area contributed by atoms with Crippen molar-refractivity contribution in [3.63, 3.8) is 0 Å². The molecule has 0 unspecified atom stereocenters. The van der Waals surface area contributed by atoms with Crippen LogP contribution in [0.15, 0.2) is 24.4 Å². The predicted octanol–water partition coefficient (Wildman–Crippen LogP) is 1.30. The second-order valence-corrected chi connectivity index (χ2v) is 6.10. The van der Waals surface area contributed by atoms with Gasteiger partial charge in [-0.1, -0.05) is 6.07 Å².